The average Bonchev–Trinajstić information content (AvgIpc) is 2.53. The summed E-state index contributed by atoms with van der Waals surface area (Å²) >= 11 is 0. The van der Waals surface area contributed by atoms with Crippen molar-refractivity contribution in [2.24, 2.45) is 5.92 Å². The van der Waals surface area contributed by atoms with Crippen LogP contribution in [0.1, 0.15) is 33.1 Å². The molecule has 1 aliphatic carbocycles. The molecule has 1 unspecified atom stereocenters. The van der Waals surface area contributed by atoms with Gasteiger partial charge in [0.2, 0.25) is 0 Å². The monoisotopic (exact) mass is 332 g/mol. The van der Waals surface area contributed by atoms with Gasteiger partial charge in [-0.05, 0) is 30.8 Å². The molecule has 0 aromatic carbocycles. The van der Waals surface area contributed by atoms with Gasteiger partial charge in [0.05, 0.1) is 18.8 Å². The first-order valence-corrected chi connectivity index (χ1v) is 8.11. The third-order valence-corrected chi connectivity index (χ3v) is 4.98. The zero-order valence-corrected chi connectivity index (χ0v) is 13.6. The first kappa shape index (κ1) is 18.8. The van der Waals surface area contributed by atoms with Crippen molar-refractivity contribution in [2.75, 3.05) is 13.2 Å². The fourth-order valence-corrected chi connectivity index (χ4v) is 2.95. The van der Waals surface area contributed by atoms with Crippen LogP contribution in [0, 0.1) is 5.92 Å². The van der Waals surface area contributed by atoms with Crippen molar-refractivity contribution < 1.29 is 35.0 Å². The van der Waals surface area contributed by atoms with Gasteiger partial charge in [-0.3, -0.25) is 0 Å². The topological polar surface area (TPSA) is 120 Å². The highest BCUT2D eigenvalue weighted by molar-refractivity contribution is 5.11. The standard InChI is InChI=1S/C16H28O7/c1-9(2)16(21)5-3-10(4-6-16)8-22-15-14(20)13(19)12(18)11(7-17)23-15/h3,9,11-15,17-21H,4-8H2,1-2H3/t11-,12-,13+,14-,15-,16?/m1/s1. The van der Waals surface area contributed by atoms with Crippen LogP contribution in [0.3, 0.4) is 0 Å². The van der Waals surface area contributed by atoms with Crippen LogP contribution in [0.25, 0.3) is 0 Å². The van der Waals surface area contributed by atoms with Crippen LogP contribution in [0.4, 0.5) is 0 Å². The molecule has 0 aromatic heterocycles. The molecule has 0 spiro atoms. The Balaban J connectivity index is 1.90. The maximum atomic E-state index is 10.4. The van der Waals surface area contributed by atoms with E-state index < -0.39 is 42.9 Å². The van der Waals surface area contributed by atoms with Gasteiger partial charge in [-0.15, -0.1) is 0 Å². The molecule has 5 N–H and O–H groups in total. The number of aliphatic hydroxyl groups is 5. The normalized spacial score (nSPS) is 41.9. The molecule has 0 saturated carbocycles. The second-order valence-corrected chi connectivity index (χ2v) is 6.83. The SMILES string of the molecule is CC(C)C1(O)CC=C(CO[C@@H]2O[C@H](CO)[C@@H](O)[C@H](O)[C@H]2O)CC1. The molecule has 134 valence electrons. The molecule has 1 fully saturated rings. The number of aliphatic hydroxyl groups excluding tert-OH is 4. The van der Waals surface area contributed by atoms with Gasteiger partial charge in [0, 0.05) is 0 Å². The van der Waals surface area contributed by atoms with Gasteiger partial charge >= 0.3 is 0 Å². The highest BCUT2D eigenvalue weighted by atomic mass is 16.7. The third kappa shape index (κ3) is 4.11. The van der Waals surface area contributed by atoms with E-state index in [0.29, 0.717) is 19.3 Å². The molecule has 0 radical (unpaired) electrons. The minimum Gasteiger partial charge on any atom is -0.394 e. The van der Waals surface area contributed by atoms with Gasteiger partial charge < -0.3 is 35.0 Å². The van der Waals surface area contributed by atoms with Gasteiger partial charge in [-0.1, -0.05) is 19.9 Å². The maximum absolute atomic E-state index is 10.4. The fraction of sp³-hybridized carbons (Fsp3) is 0.875. The second-order valence-electron chi connectivity index (χ2n) is 6.83. The summed E-state index contributed by atoms with van der Waals surface area (Å²) in [5.41, 5.74) is 0.305. The van der Waals surface area contributed by atoms with E-state index in [1.807, 2.05) is 19.9 Å². The molecule has 2 aliphatic rings. The van der Waals surface area contributed by atoms with Crippen molar-refractivity contribution in [3.8, 4) is 0 Å². The Kier molecular flexibility index (Phi) is 6.18. The van der Waals surface area contributed by atoms with E-state index in [2.05, 4.69) is 0 Å². The molecule has 23 heavy (non-hydrogen) atoms. The average molecular weight is 332 g/mol. The second kappa shape index (κ2) is 7.57. The maximum Gasteiger partial charge on any atom is 0.187 e. The number of hydrogen-bond donors (Lipinski definition) is 5. The third-order valence-electron chi connectivity index (χ3n) is 4.98. The van der Waals surface area contributed by atoms with Crippen molar-refractivity contribution in [1.29, 1.82) is 0 Å². The van der Waals surface area contributed by atoms with E-state index >= 15 is 0 Å². The summed E-state index contributed by atoms with van der Waals surface area (Å²) in [6.07, 6.45) is -2.46. The molecule has 0 amide bonds. The molecule has 0 bridgehead atoms. The predicted octanol–water partition coefficient (Wildman–Crippen LogP) is -0.700. The van der Waals surface area contributed by atoms with Crippen LogP contribution in [0.2, 0.25) is 0 Å². The van der Waals surface area contributed by atoms with Crippen molar-refractivity contribution in [3.05, 3.63) is 11.6 Å². The Morgan fingerprint density at radius 1 is 1.26 bits per heavy atom. The Bertz CT molecular complexity index is 423. The molecule has 1 saturated heterocycles. The fourth-order valence-electron chi connectivity index (χ4n) is 2.95. The molecular weight excluding hydrogens is 304 g/mol. The smallest absolute Gasteiger partial charge is 0.187 e. The van der Waals surface area contributed by atoms with Gasteiger partial charge in [0.25, 0.3) is 0 Å². The number of hydrogen-bond acceptors (Lipinski definition) is 7. The van der Waals surface area contributed by atoms with E-state index in [9.17, 15) is 20.4 Å². The van der Waals surface area contributed by atoms with Crippen molar-refractivity contribution >= 4 is 0 Å². The Labute approximate surface area is 136 Å². The highest BCUT2D eigenvalue weighted by Crippen LogP contribution is 2.34. The summed E-state index contributed by atoms with van der Waals surface area (Å²) in [6.45, 7) is 3.71. The van der Waals surface area contributed by atoms with Crippen LogP contribution in [0.5, 0.6) is 0 Å². The molecule has 0 aromatic rings. The van der Waals surface area contributed by atoms with Crippen molar-refractivity contribution in [1.82, 2.24) is 0 Å². The lowest BCUT2D eigenvalue weighted by molar-refractivity contribution is -0.299. The van der Waals surface area contributed by atoms with Crippen molar-refractivity contribution in [2.45, 2.75) is 69.4 Å². The van der Waals surface area contributed by atoms with Crippen LogP contribution in [-0.2, 0) is 9.47 Å². The van der Waals surface area contributed by atoms with Crippen LogP contribution >= 0.6 is 0 Å². The number of rotatable bonds is 5. The lowest BCUT2D eigenvalue weighted by Crippen LogP contribution is -2.59. The van der Waals surface area contributed by atoms with Crippen LogP contribution in [-0.4, -0.2) is 75.1 Å². The summed E-state index contributed by atoms with van der Waals surface area (Å²) in [5.74, 6) is 0.173. The van der Waals surface area contributed by atoms with Gasteiger partial charge in [0.15, 0.2) is 6.29 Å². The molecule has 2 rings (SSSR count). The molecule has 7 nitrogen and oxygen atoms in total. The summed E-state index contributed by atoms with van der Waals surface area (Å²) in [7, 11) is 0. The first-order chi connectivity index (χ1) is 10.8. The Hall–Kier alpha value is -0.540. The molecule has 1 aliphatic heterocycles. The summed E-state index contributed by atoms with van der Waals surface area (Å²) < 4.78 is 10.8. The number of ether oxygens (including phenoxy) is 2. The van der Waals surface area contributed by atoms with E-state index in [0.717, 1.165) is 5.57 Å². The summed E-state index contributed by atoms with van der Waals surface area (Å²) in [5, 5.41) is 48.9. The minimum atomic E-state index is -1.43. The van der Waals surface area contributed by atoms with Crippen LogP contribution in [0.15, 0.2) is 11.6 Å². The van der Waals surface area contributed by atoms with E-state index in [1.54, 1.807) is 0 Å². The zero-order chi connectivity index (χ0) is 17.2. The summed E-state index contributed by atoms with van der Waals surface area (Å²) in [4.78, 5) is 0. The van der Waals surface area contributed by atoms with Gasteiger partial charge in [-0.2, -0.15) is 0 Å². The first-order valence-electron chi connectivity index (χ1n) is 8.11. The molecule has 6 atom stereocenters. The quantitative estimate of drug-likeness (QED) is 0.422. The Morgan fingerprint density at radius 2 is 1.96 bits per heavy atom. The highest BCUT2D eigenvalue weighted by Gasteiger charge is 2.44. The van der Waals surface area contributed by atoms with Gasteiger partial charge in [-0.25, -0.2) is 0 Å². The van der Waals surface area contributed by atoms with Gasteiger partial charge in [0.1, 0.15) is 24.4 Å². The van der Waals surface area contributed by atoms with E-state index in [-0.39, 0.29) is 12.5 Å². The van der Waals surface area contributed by atoms with Crippen LogP contribution < -0.4 is 0 Å². The summed E-state index contributed by atoms with van der Waals surface area (Å²) in [6, 6.07) is 0. The van der Waals surface area contributed by atoms with Crippen molar-refractivity contribution in [3.63, 3.8) is 0 Å². The molecule has 1 heterocycles. The lowest BCUT2D eigenvalue weighted by atomic mass is 9.78. The molecular formula is C16H28O7. The van der Waals surface area contributed by atoms with E-state index in [1.165, 1.54) is 0 Å². The predicted molar refractivity (Wildman–Crippen MR) is 81.4 cm³/mol. The lowest BCUT2D eigenvalue weighted by Gasteiger charge is -2.40. The van der Waals surface area contributed by atoms with E-state index in [4.69, 9.17) is 14.6 Å². The largest absolute Gasteiger partial charge is 0.394 e. The minimum absolute atomic E-state index is 0.173. The molecule has 7 heteroatoms. The Morgan fingerprint density at radius 3 is 2.48 bits per heavy atom. The zero-order valence-electron chi connectivity index (χ0n) is 13.6.